The summed E-state index contributed by atoms with van der Waals surface area (Å²) in [6.45, 7) is 5.93. The Hall–Kier alpha value is -1.15. The largest absolute Gasteiger partial charge is 0.356 e. The average molecular weight is 470 g/mol. The SMILES string of the molecule is CC[C@@H]1CCCCN1CCCNC(=O)C1CCN(S(=O)(=O)Cc2ccccc2Cl)CC1. The molecule has 0 radical (unpaired) electrons. The fourth-order valence-electron chi connectivity index (χ4n) is 4.75. The number of sulfonamides is 1. The molecule has 0 spiro atoms. The summed E-state index contributed by atoms with van der Waals surface area (Å²) in [4.78, 5) is 15.1. The molecule has 1 N–H and O–H groups in total. The van der Waals surface area contributed by atoms with Gasteiger partial charge in [0.25, 0.3) is 0 Å². The number of carbonyl (C=O) groups is 1. The van der Waals surface area contributed by atoms with Crippen molar-refractivity contribution in [3.05, 3.63) is 34.9 Å². The summed E-state index contributed by atoms with van der Waals surface area (Å²) < 4.78 is 27.0. The molecule has 1 atom stereocenters. The van der Waals surface area contributed by atoms with E-state index in [0.717, 1.165) is 13.0 Å². The van der Waals surface area contributed by atoms with Gasteiger partial charge in [0.05, 0.1) is 5.75 Å². The van der Waals surface area contributed by atoms with Gasteiger partial charge in [-0.15, -0.1) is 0 Å². The lowest BCUT2D eigenvalue weighted by molar-refractivity contribution is -0.126. The van der Waals surface area contributed by atoms with Gasteiger partial charge >= 0.3 is 0 Å². The van der Waals surface area contributed by atoms with E-state index in [-0.39, 0.29) is 17.6 Å². The van der Waals surface area contributed by atoms with Gasteiger partial charge in [-0.3, -0.25) is 4.79 Å². The molecule has 1 amide bonds. The second-order valence-electron chi connectivity index (χ2n) is 8.76. The Labute approximate surface area is 192 Å². The number of amides is 1. The lowest BCUT2D eigenvalue weighted by atomic mass is 9.97. The van der Waals surface area contributed by atoms with Crippen molar-refractivity contribution < 1.29 is 13.2 Å². The standard InChI is InChI=1S/C23H36ClN3O3S/c1-2-21-9-5-6-14-26(21)15-7-13-25-23(28)19-11-16-27(17-12-19)31(29,30)18-20-8-3-4-10-22(20)24/h3-4,8,10,19,21H,2,5-7,9,11-18H2,1H3,(H,25,28)/t21-/m1/s1. The monoisotopic (exact) mass is 469 g/mol. The van der Waals surface area contributed by atoms with Crippen molar-refractivity contribution in [3.63, 3.8) is 0 Å². The quantitative estimate of drug-likeness (QED) is 0.560. The molecule has 2 aliphatic heterocycles. The molecular weight excluding hydrogens is 434 g/mol. The van der Waals surface area contributed by atoms with Crippen LogP contribution in [0.5, 0.6) is 0 Å². The molecule has 8 heteroatoms. The summed E-state index contributed by atoms with van der Waals surface area (Å²) in [6.07, 6.45) is 7.20. The lowest BCUT2D eigenvalue weighted by Crippen LogP contribution is -2.44. The maximum absolute atomic E-state index is 12.8. The zero-order valence-electron chi connectivity index (χ0n) is 18.6. The van der Waals surface area contributed by atoms with Crippen molar-refractivity contribution in [1.29, 1.82) is 0 Å². The summed E-state index contributed by atoms with van der Waals surface area (Å²) in [5.74, 6) is -0.141. The molecule has 0 bridgehead atoms. The maximum atomic E-state index is 12.8. The molecule has 174 valence electrons. The van der Waals surface area contributed by atoms with Crippen LogP contribution in [-0.4, -0.2) is 62.3 Å². The lowest BCUT2D eigenvalue weighted by Gasteiger charge is -2.35. The summed E-state index contributed by atoms with van der Waals surface area (Å²) in [5.41, 5.74) is 0.614. The van der Waals surface area contributed by atoms with E-state index in [9.17, 15) is 13.2 Å². The van der Waals surface area contributed by atoms with Crippen LogP contribution in [0.25, 0.3) is 0 Å². The first-order valence-electron chi connectivity index (χ1n) is 11.6. The Morgan fingerprint density at radius 2 is 1.87 bits per heavy atom. The van der Waals surface area contributed by atoms with Crippen LogP contribution in [0.1, 0.15) is 57.4 Å². The van der Waals surface area contributed by atoms with Gasteiger partial charge in [0.15, 0.2) is 0 Å². The number of nitrogens with zero attached hydrogens (tertiary/aromatic N) is 2. The topological polar surface area (TPSA) is 69.7 Å². The van der Waals surface area contributed by atoms with E-state index >= 15 is 0 Å². The number of hydrogen-bond acceptors (Lipinski definition) is 4. The minimum atomic E-state index is -3.44. The molecule has 2 heterocycles. The van der Waals surface area contributed by atoms with Crippen molar-refractivity contribution in [1.82, 2.24) is 14.5 Å². The average Bonchev–Trinajstić information content (AvgIpc) is 2.78. The highest BCUT2D eigenvalue weighted by molar-refractivity contribution is 7.88. The highest BCUT2D eigenvalue weighted by atomic mass is 35.5. The van der Waals surface area contributed by atoms with E-state index in [2.05, 4.69) is 17.1 Å². The number of nitrogens with one attached hydrogen (secondary N) is 1. The number of piperidine rings is 2. The summed E-state index contributed by atoms with van der Waals surface area (Å²) in [7, 11) is -3.44. The summed E-state index contributed by atoms with van der Waals surface area (Å²) >= 11 is 6.12. The smallest absolute Gasteiger partial charge is 0.223 e. The first-order valence-corrected chi connectivity index (χ1v) is 13.6. The molecule has 1 aromatic carbocycles. The predicted molar refractivity (Wildman–Crippen MR) is 126 cm³/mol. The molecule has 2 fully saturated rings. The molecule has 2 saturated heterocycles. The number of likely N-dealkylation sites (tertiary alicyclic amines) is 1. The van der Waals surface area contributed by atoms with Gasteiger partial charge < -0.3 is 10.2 Å². The molecule has 0 aromatic heterocycles. The minimum absolute atomic E-state index is 0.0637. The number of carbonyl (C=O) groups excluding carboxylic acids is 1. The van der Waals surface area contributed by atoms with Crippen LogP contribution in [0.4, 0.5) is 0 Å². The van der Waals surface area contributed by atoms with Gasteiger partial charge in [0.1, 0.15) is 0 Å². The normalized spacial score (nSPS) is 21.8. The molecule has 6 nitrogen and oxygen atoms in total. The van der Waals surface area contributed by atoms with Gasteiger partial charge in [-0.25, -0.2) is 12.7 Å². The van der Waals surface area contributed by atoms with Crippen LogP contribution < -0.4 is 5.32 Å². The van der Waals surface area contributed by atoms with Gasteiger partial charge in [0.2, 0.25) is 15.9 Å². The number of benzene rings is 1. The van der Waals surface area contributed by atoms with Crippen molar-refractivity contribution in [3.8, 4) is 0 Å². The Kier molecular flexibility index (Phi) is 9.19. The Morgan fingerprint density at radius 1 is 1.13 bits per heavy atom. The highest BCUT2D eigenvalue weighted by Crippen LogP contribution is 2.24. The molecule has 0 aliphatic carbocycles. The van der Waals surface area contributed by atoms with Crippen LogP contribution in [0.3, 0.4) is 0 Å². The first kappa shape index (κ1) is 24.5. The van der Waals surface area contributed by atoms with E-state index in [1.165, 1.54) is 36.5 Å². The van der Waals surface area contributed by atoms with Crippen molar-refractivity contribution in [2.45, 2.75) is 63.7 Å². The van der Waals surface area contributed by atoms with Crippen LogP contribution in [0, 0.1) is 5.92 Å². The highest BCUT2D eigenvalue weighted by Gasteiger charge is 2.31. The maximum Gasteiger partial charge on any atom is 0.223 e. The van der Waals surface area contributed by atoms with Crippen LogP contribution >= 0.6 is 11.6 Å². The Morgan fingerprint density at radius 3 is 2.58 bits per heavy atom. The fourth-order valence-corrected chi connectivity index (χ4v) is 6.63. The van der Waals surface area contributed by atoms with Gasteiger partial charge in [0, 0.05) is 43.2 Å². The molecule has 0 saturated carbocycles. The second-order valence-corrected chi connectivity index (χ2v) is 11.1. The second kappa shape index (κ2) is 11.6. The third kappa shape index (κ3) is 6.91. The van der Waals surface area contributed by atoms with E-state index in [0.29, 0.717) is 49.1 Å². The van der Waals surface area contributed by atoms with E-state index in [1.807, 2.05) is 0 Å². The molecule has 2 aliphatic rings. The van der Waals surface area contributed by atoms with Gasteiger partial charge in [-0.05, 0) is 56.7 Å². The van der Waals surface area contributed by atoms with Crippen LogP contribution in [0.2, 0.25) is 5.02 Å². The van der Waals surface area contributed by atoms with Crippen LogP contribution in [-0.2, 0) is 20.6 Å². The Bertz CT molecular complexity index is 825. The molecule has 0 unspecified atom stereocenters. The Balaban J connectivity index is 1.39. The van der Waals surface area contributed by atoms with Gasteiger partial charge in [-0.1, -0.05) is 43.1 Å². The number of halogens is 1. The third-order valence-corrected chi connectivity index (χ3v) is 8.85. The molecular formula is C23H36ClN3O3S. The predicted octanol–water partition coefficient (Wildman–Crippen LogP) is 3.65. The van der Waals surface area contributed by atoms with E-state index in [4.69, 9.17) is 11.6 Å². The number of rotatable bonds is 9. The van der Waals surface area contributed by atoms with E-state index < -0.39 is 10.0 Å². The summed E-state index contributed by atoms with van der Waals surface area (Å²) in [6, 6.07) is 7.73. The van der Waals surface area contributed by atoms with Gasteiger partial charge in [-0.2, -0.15) is 0 Å². The van der Waals surface area contributed by atoms with Crippen molar-refractivity contribution in [2.24, 2.45) is 5.92 Å². The fraction of sp³-hybridized carbons (Fsp3) is 0.696. The number of hydrogen-bond donors (Lipinski definition) is 1. The van der Waals surface area contributed by atoms with Crippen molar-refractivity contribution in [2.75, 3.05) is 32.7 Å². The molecule has 31 heavy (non-hydrogen) atoms. The zero-order chi connectivity index (χ0) is 22.3. The minimum Gasteiger partial charge on any atom is -0.356 e. The van der Waals surface area contributed by atoms with Crippen LogP contribution in [0.15, 0.2) is 24.3 Å². The van der Waals surface area contributed by atoms with Crippen molar-refractivity contribution >= 4 is 27.5 Å². The summed E-state index contributed by atoms with van der Waals surface area (Å²) in [5, 5.41) is 3.54. The molecule has 1 aromatic rings. The first-order chi connectivity index (χ1) is 14.9. The third-order valence-electron chi connectivity index (χ3n) is 6.66. The zero-order valence-corrected chi connectivity index (χ0v) is 20.1. The van der Waals surface area contributed by atoms with E-state index in [1.54, 1.807) is 24.3 Å². The molecule has 3 rings (SSSR count).